The van der Waals surface area contributed by atoms with Gasteiger partial charge in [0.15, 0.2) is 5.82 Å². The average molecular weight is 369 g/mol. The fraction of sp³-hybridized carbons (Fsp3) is 0.409. The van der Waals surface area contributed by atoms with Gasteiger partial charge in [0.2, 0.25) is 0 Å². The maximum absolute atomic E-state index is 9.21. The van der Waals surface area contributed by atoms with E-state index < -0.39 is 0 Å². The Morgan fingerprint density at radius 2 is 1.85 bits per heavy atom. The smallest absolute Gasteiger partial charge is 0.152 e. The van der Waals surface area contributed by atoms with Crippen LogP contribution in [0.2, 0.25) is 0 Å². The Labute approximate surface area is 161 Å². The van der Waals surface area contributed by atoms with E-state index in [4.69, 9.17) is 5.73 Å². The number of hydrogen-bond acceptors (Lipinski definition) is 3. The van der Waals surface area contributed by atoms with Gasteiger partial charge in [0, 0.05) is 25.7 Å². The Bertz CT molecular complexity index is 849. The van der Waals surface area contributed by atoms with E-state index in [1.54, 1.807) is 0 Å². The van der Waals surface area contributed by atoms with Crippen LogP contribution in [0.25, 0.3) is 12.4 Å². The van der Waals surface area contributed by atoms with Crippen molar-refractivity contribution in [1.29, 1.82) is 0 Å². The molecule has 0 saturated heterocycles. The topological polar surface area (TPSA) is 75.6 Å². The molecular formula is C22H32N4O. The second-order valence-corrected chi connectivity index (χ2v) is 6.73. The highest BCUT2D eigenvalue weighted by Gasteiger charge is 2.05. The number of aliphatic hydroxyl groups excluding tert-OH is 1. The zero-order valence-electron chi connectivity index (χ0n) is 16.5. The number of rotatable bonds is 10. The first-order chi connectivity index (χ1) is 13.1. The van der Waals surface area contributed by atoms with Crippen LogP contribution in [0.1, 0.15) is 50.7 Å². The predicted octanol–water partition coefficient (Wildman–Crippen LogP) is 2.05. The highest BCUT2D eigenvalue weighted by atomic mass is 16.3. The SMILES string of the molecule is C=c1ccn(Cc2ccc(CO)cc2)/c1=C(/N=C(/N)CC)NCCCCC. The molecule has 1 aromatic heterocycles. The minimum atomic E-state index is 0.0582. The van der Waals surface area contributed by atoms with Gasteiger partial charge in [-0.1, -0.05) is 57.5 Å². The maximum atomic E-state index is 9.21. The van der Waals surface area contributed by atoms with Crippen LogP contribution < -0.4 is 21.6 Å². The van der Waals surface area contributed by atoms with Gasteiger partial charge in [0.1, 0.15) is 5.84 Å². The molecule has 0 aliphatic heterocycles. The predicted molar refractivity (Wildman–Crippen MR) is 114 cm³/mol. The van der Waals surface area contributed by atoms with E-state index in [0.717, 1.165) is 40.5 Å². The Morgan fingerprint density at radius 1 is 1.15 bits per heavy atom. The van der Waals surface area contributed by atoms with Gasteiger partial charge in [-0.05, 0) is 28.8 Å². The van der Waals surface area contributed by atoms with Gasteiger partial charge in [-0.3, -0.25) is 0 Å². The Morgan fingerprint density at radius 3 is 2.48 bits per heavy atom. The van der Waals surface area contributed by atoms with E-state index in [2.05, 4.69) is 28.4 Å². The van der Waals surface area contributed by atoms with Gasteiger partial charge in [-0.25, -0.2) is 4.99 Å². The number of aliphatic imine (C=N–C) groups is 1. The van der Waals surface area contributed by atoms with Gasteiger partial charge >= 0.3 is 0 Å². The molecule has 27 heavy (non-hydrogen) atoms. The zero-order valence-corrected chi connectivity index (χ0v) is 16.5. The van der Waals surface area contributed by atoms with Crippen molar-refractivity contribution in [2.24, 2.45) is 10.7 Å². The molecule has 1 aromatic carbocycles. The summed E-state index contributed by atoms with van der Waals surface area (Å²) in [5.74, 6) is 1.39. The van der Waals surface area contributed by atoms with Crippen molar-refractivity contribution in [3.63, 3.8) is 0 Å². The summed E-state index contributed by atoms with van der Waals surface area (Å²) >= 11 is 0. The number of nitrogens with two attached hydrogens (primary N) is 1. The summed E-state index contributed by atoms with van der Waals surface area (Å²) in [5.41, 5.74) is 8.10. The van der Waals surface area contributed by atoms with Crippen molar-refractivity contribution >= 4 is 18.2 Å². The van der Waals surface area contributed by atoms with Crippen LogP contribution in [0, 0.1) is 0 Å². The highest BCUT2D eigenvalue weighted by molar-refractivity contribution is 5.83. The molecule has 2 rings (SSSR count). The number of aromatic nitrogens is 1. The monoisotopic (exact) mass is 368 g/mol. The number of nitrogens with one attached hydrogen (secondary N) is 1. The van der Waals surface area contributed by atoms with E-state index in [-0.39, 0.29) is 6.61 Å². The second-order valence-electron chi connectivity index (χ2n) is 6.73. The van der Waals surface area contributed by atoms with Crippen LogP contribution in [-0.4, -0.2) is 22.1 Å². The summed E-state index contributed by atoms with van der Waals surface area (Å²) in [6.07, 6.45) is 6.19. The van der Waals surface area contributed by atoms with E-state index in [9.17, 15) is 5.11 Å². The Kier molecular flexibility index (Phi) is 8.14. The number of aliphatic hydroxyl groups is 1. The molecular weight excluding hydrogens is 336 g/mol. The standard InChI is InChI=1S/C22H32N4O/c1-4-6-7-13-24-22(25-20(23)5-2)21-17(3)12-14-26(21)15-18-8-10-19(16-27)11-9-18/h8-12,14,24,27H,3-7,13,15-16H2,1-2H3,(H2,23,25)/b22-21+. The quantitative estimate of drug-likeness (QED) is 0.341. The van der Waals surface area contributed by atoms with Crippen molar-refractivity contribution in [3.05, 3.63) is 58.2 Å². The summed E-state index contributed by atoms with van der Waals surface area (Å²) in [5, 5.41) is 14.6. The average Bonchev–Trinajstić information content (AvgIpc) is 3.04. The van der Waals surface area contributed by atoms with Crippen molar-refractivity contribution in [2.75, 3.05) is 6.54 Å². The van der Waals surface area contributed by atoms with Gasteiger partial charge in [0.25, 0.3) is 0 Å². The van der Waals surface area contributed by atoms with Crippen molar-refractivity contribution in [3.8, 4) is 0 Å². The summed E-state index contributed by atoms with van der Waals surface area (Å²) in [6.45, 7) is 10.0. The van der Waals surface area contributed by atoms with Crippen molar-refractivity contribution in [2.45, 2.75) is 52.7 Å². The molecule has 0 aliphatic carbocycles. The first kappa shape index (κ1) is 20.8. The second kappa shape index (κ2) is 10.6. The Hall–Kier alpha value is -2.53. The molecule has 1 heterocycles. The fourth-order valence-electron chi connectivity index (χ4n) is 2.87. The van der Waals surface area contributed by atoms with Gasteiger partial charge in [-0.2, -0.15) is 0 Å². The van der Waals surface area contributed by atoms with Gasteiger partial charge in [0.05, 0.1) is 12.0 Å². The first-order valence-corrected chi connectivity index (χ1v) is 9.73. The number of benzene rings is 1. The molecule has 2 aromatic rings. The largest absolute Gasteiger partial charge is 0.392 e. The minimum Gasteiger partial charge on any atom is -0.392 e. The molecule has 4 N–H and O–H groups in total. The molecule has 146 valence electrons. The molecule has 0 fully saturated rings. The molecule has 0 aliphatic rings. The minimum absolute atomic E-state index is 0.0582. The fourth-order valence-corrected chi connectivity index (χ4v) is 2.87. The summed E-state index contributed by atoms with van der Waals surface area (Å²) in [4.78, 5) is 4.63. The molecule has 0 amide bonds. The lowest BCUT2D eigenvalue weighted by Gasteiger charge is -2.11. The van der Waals surface area contributed by atoms with E-state index in [0.29, 0.717) is 18.8 Å². The van der Waals surface area contributed by atoms with Crippen LogP contribution >= 0.6 is 0 Å². The van der Waals surface area contributed by atoms with Crippen LogP contribution in [0.15, 0.2) is 41.5 Å². The lowest BCUT2D eigenvalue weighted by Crippen LogP contribution is -2.36. The summed E-state index contributed by atoms with van der Waals surface area (Å²) in [7, 11) is 0. The molecule has 0 atom stereocenters. The summed E-state index contributed by atoms with van der Waals surface area (Å²) in [6, 6.07) is 9.98. The zero-order chi connectivity index (χ0) is 19.6. The summed E-state index contributed by atoms with van der Waals surface area (Å²) < 4.78 is 2.14. The maximum Gasteiger partial charge on any atom is 0.152 e. The number of hydrogen-bond donors (Lipinski definition) is 3. The van der Waals surface area contributed by atoms with Gasteiger partial charge < -0.3 is 20.7 Å². The van der Waals surface area contributed by atoms with Crippen molar-refractivity contribution < 1.29 is 5.11 Å². The van der Waals surface area contributed by atoms with Crippen molar-refractivity contribution in [1.82, 2.24) is 9.88 Å². The van der Waals surface area contributed by atoms with E-state index in [1.807, 2.05) is 43.5 Å². The number of nitrogens with zero attached hydrogens (tertiary/aromatic N) is 2. The van der Waals surface area contributed by atoms with Crippen LogP contribution in [0.4, 0.5) is 0 Å². The Balaban J connectivity index is 2.40. The van der Waals surface area contributed by atoms with E-state index in [1.165, 1.54) is 12.8 Å². The molecule has 5 nitrogen and oxygen atoms in total. The van der Waals surface area contributed by atoms with Gasteiger partial charge in [-0.15, -0.1) is 0 Å². The third-order valence-corrected chi connectivity index (χ3v) is 4.52. The lowest BCUT2D eigenvalue weighted by molar-refractivity contribution is 0.282. The first-order valence-electron chi connectivity index (χ1n) is 9.73. The normalized spacial score (nSPS) is 12.9. The molecule has 5 heteroatoms. The number of amidine groups is 1. The van der Waals surface area contributed by atoms with Crippen LogP contribution in [-0.2, 0) is 13.2 Å². The molecule has 0 radical (unpaired) electrons. The van der Waals surface area contributed by atoms with Crippen LogP contribution in [0.5, 0.6) is 0 Å². The molecule has 0 saturated carbocycles. The third kappa shape index (κ3) is 6.00. The van der Waals surface area contributed by atoms with Crippen LogP contribution in [0.3, 0.4) is 0 Å². The molecule has 0 bridgehead atoms. The van der Waals surface area contributed by atoms with E-state index >= 15 is 0 Å². The third-order valence-electron chi connectivity index (χ3n) is 4.52. The highest BCUT2D eigenvalue weighted by Crippen LogP contribution is 2.06. The lowest BCUT2D eigenvalue weighted by atomic mass is 10.1. The molecule has 0 unspecified atom stereocenters. The molecule has 0 spiro atoms. The number of unbranched alkanes of at least 4 members (excludes halogenated alkanes) is 2.